The standard InChI is InChI=1S/C18H23FN4O2/c1-12-17(19)20-11-21-18(12)23-6-4-13(5-7-23)22-14-8-15(24-2)10-16(9-14)25-3/h8-11,13,22H,4-7H2,1-3H3. The maximum absolute atomic E-state index is 13.6. The molecule has 2 aromatic rings. The Labute approximate surface area is 147 Å². The maximum Gasteiger partial charge on any atom is 0.220 e. The van der Waals surface area contributed by atoms with E-state index in [1.807, 2.05) is 18.2 Å². The lowest BCUT2D eigenvalue weighted by molar-refractivity contribution is 0.394. The smallest absolute Gasteiger partial charge is 0.220 e. The third kappa shape index (κ3) is 3.92. The normalized spacial score (nSPS) is 15.1. The Hall–Kier alpha value is -2.57. The summed E-state index contributed by atoms with van der Waals surface area (Å²) in [6.07, 6.45) is 3.15. The van der Waals surface area contributed by atoms with Gasteiger partial charge in [0.2, 0.25) is 5.95 Å². The molecule has 134 valence electrons. The number of nitrogens with zero attached hydrogens (tertiary/aromatic N) is 3. The van der Waals surface area contributed by atoms with E-state index in [1.165, 1.54) is 6.33 Å². The highest BCUT2D eigenvalue weighted by Crippen LogP contribution is 2.28. The monoisotopic (exact) mass is 346 g/mol. The van der Waals surface area contributed by atoms with Crippen LogP contribution in [-0.2, 0) is 0 Å². The van der Waals surface area contributed by atoms with Crippen LogP contribution < -0.4 is 19.7 Å². The number of halogens is 1. The van der Waals surface area contributed by atoms with E-state index in [2.05, 4.69) is 20.2 Å². The fraction of sp³-hybridized carbons (Fsp3) is 0.444. The number of rotatable bonds is 5. The number of benzene rings is 1. The average molecular weight is 346 g/mol. The molecule has 1 aromatic carbocycles. The first-order chi connectivity index (χ1) is 12.1. The first-order valence-corrected chi connectivity index (χ1v) is 8.32. The van der Waals surface area contributed by atoms with Crippen molar-refractivity contribution in [3.63, 3.8) is 0 Å². The zero-order valence-corrected chi connectivity index (χ0v) is 14.8. The zero-order valence-electron chi connectivity index (χ0n) is 14.8. The Balaban J connectivity index is 1.64. The Bertz CT molecular complexity index is 711. The topological polar surface area (TPSA) is 59.5 Å². The van der Waals surface area contributed by atoms with Crippen molar-refractivity contribution in [2.75, 3.05) is 37.5 Å². The molecule has 1 aliphatic rings. The molecular formula is C18H23FN4O2. The van der Waals surface area contributed by atoms with Gasteiger partial charge in [-0.1, -0.05) is 0 Å². The summed E-state index contributed by atoms with van der Waals surface area (Å²) < 4.78 is 24.2. The second kappa shape index (κ2) is 7.55. The number of piperidine rings is 1. The molecular weight excluding hydrogens is 323 g/mol. The summed E-state index contributed by atoms with van der Waals surface area (Å²) in [5, 5.41) is 3.53. The summed E-state index contributed by atoms with van der Waals surface area (Å²) in [7, 11) is 3.28. The molecule has 2 heterocycles. The molecule has 0 amide bonds. The highest BCUT2D eigenvalue weighted by molar-refractivity contribution is 5.54. The van der Waals surface area contributed by atoms with E-state index in [0.29, 0.717) is 17.4 Å². The van der Waals surface area contributed by atoms with Gasteiger partial charge in [0.1, 0.15) is 23.6 Å². The van der Waals surface area contributed by atoms with Crippen LogP contribution in [0.1, 0.15) is 18.4 Å². The number of nitrogens with one attached hydrogen (secondary N) is 1. The zero-order chi connectivity index (χ0) is 17.8. The molecule has 1 aromatic heterocycles. The van der Waals surface area contributed by atoms with Gasteiger partial charge in [0, 0.05) is 48.6 Å². The summed E-state index contributed by atoms with van der Waals surface area (Å²) in [5.41, 5.74) is 1.48. The molecule has 25 heavy (non-hydrogen) atoms. The lowest BCUT2D eigenvalue weighted by atomic mass is 10.0. The van der Waals surface area contributed by atoms with E-state index in [4.69, 9.17) is 9.47 Å². The first-order valence-electron chi connectivity index (χ1n) is 8.32. The van der Waals surface area contributed by atoms with E-state index in [0.717, 1.165) is 43.1 Å². The van der Waals surface area contributed by atoms with Gasteiger partial charge in [-0.15, -0.1) is 0 Å². The molecule has 0 saturated carbocycles. The molecule has 1 aliphatic heterocycles. The summed E-state index contributed by atoms with van der Waals surface area (Å²) >= 11 is 0. The van der Waals surface area contributed by atoms with E-state index in [1.54, 1.807) is 21.1 Å². The summed E-state index contributed by atoms with van der Waals surface area (Å²) in [6.45, 7) is 3.35. The summed E-state index contributed by atoms with van der Waals surface area (Å²) in [4.78, 5) is 9.95. The number of hydrogen-bond donors (Lipinski definition) is 1. The van der Waals surface area contributed by atoms with Gasteiger partial charge in [0.25, 0.3) is 0 Å². The predicted molar refractivity (Wildman–Crippen MR) is 95.1 cm³/mol. The maximum atomic E-state index is 13.6. The fourth-order valence-corrected chi connectivity index (χ4v) is 3.10. The number of aromatic nitrogens is 2. The summed E-state index contributed by atoms with van der Waals surface area (Å²) in [5.74, 6) is 1.75. The number of anilines is 2. The van der Waals surface area contributed by atoms with Gasteiger partial charge >= 0.3 is 0 Å². The minimum Gasteiger partial charge on any atom is -0.497 e. The van der Waals surface area contributed by atoms with Gasteiger partial charge in [-0.25, -0.2) is 9.97 Å². The molecule has 0 aliphatic carbocycles. The fourth-order valence-electron chi connectivity index (χ4n) is 3.10. The molecule has 6 nitrogen and oxygen atoms in total. The molecule has 1 fully saturated rings. The lowest BCUT2D eigenvalue weighted by Gasteiger charge is -2.34. The van der Waals surface area contributed by atoms with Crippen molar-refractivity contribution in [2.24, 2.45) is 0 Å². The minimum absolute atomic E-state index is 0.333. The van der Waals surface area contributed by atoms with Crippen LogP contribution in [0.5, 0.6) is 11.5 Å². The van der Waals surface area contributed by atoms with Crippen LogP contribution in [0.25, 0.3) is 0 Å². The van der Waals surface area contributed by atoms with E-state index in [9.17, 15) is 4.39 Å². The lowest BCUT2D eigenvalue weighted by Crippen LogP contribution is -2.40. The Morgan fingerprint density at radius 3 is 2.32 bits per heavy atom. The van der Waals surface area contributed by atoms with Gasteiger partial charge < -0.3 is 19.7 Å². The van der Waals surface area contributed by atoms with Gasteiger partial charge in [0.05, 0.1) is 14.2 Å². The van der Waals surface area contributed by atoms with Crippen molar-refractivity contribution in [1.29, 1.82) is 0 Å². The summed E-state index contributed by atoms with van der Waals surface area (Å²) in [6, 6.07) is 6.10. The predicted octanol–water partition coefficient (Wildman–Crippen LogP) is 3.02. The van der Waals surface area contributed by atoms with Crippen molar-refractivity contribution in [1.82, 2.24) is 9.97 Å². The van der Waals surface area contributed by atoms with Crippen LogP contribution >= 0.6 is 0 Å². The highest BCUT2D eigenvalue weighted by Gasteiger charge is 2.22. The molecule has 3 rings (SSSR count). The highest BCUT2D eigenvalue weighted by atomic mass is 19.1. The van der Waals surface area contributed by atoms with Crippen LogP contribution in [0.2, 0.25) is 0 Å². The average Bonchev–Trinajstić information content (AvgIpc) is 2.64. The van der Waals surface area contributed by atoms with Gasteiger partial charge in [-0.3, -0.25) is 0 Å². The molecule has 1 N–H and O–H groups in total. The number of ether oxygens (including phenoxy) is 2. The van der Waals surface area contributed by atoms with Crippen LogP contribution in [0, 0.1) is 12.9 Å². The van der Waals surface area contributed by atoms with Gasteiger partial charge in [-0.2, -0.15) is 4.39 Å². The van der Waals surface area contributed by atoms with Crippen molar-refractivity contribution >= 4 is 11.5 Å². The van der Waals surface area contributed by atoms with Crippen LogP contribution in [0.3, 0.4) is 0 Å². The molecule has 0 atom stereocenters. The third-order valence-electron chi connectivity index (χ3n) is 4.51. The third-order valence-corrected chi connectivity index (χ3v) is 4.51. The van der Waals surface area contributed by atoms with Gasteiger partial charge in [0.15, 0.2) is 0 Å². The second-order valence-electron chi connectivity index (χ2n) is 6.12. The molecule has 7 heteroatoms. The quantitative estimate of drug-likeness (QED) is 0.840. The van der Waals surface area contributed by atoms with Crippen LogP contribution in [-0.4, -0.2) is 43.3 Å². The number of methoxy groups -OCH3 is 2. The molecule has 1 saturated heterocycles. The second-order valence-corrected chi connectivity index (χ2v) is 6.12. The SMILES string of the molecule is COc1cc(NC2CCN(c3ncnc(F)c3C)CC2)cc(OC)c1. The Morgan fingerprint density at radius 2 is 1.72 bits per heavy atom. The van der Waals surface area contributed by atoms with E-state index in [-0.39, 0.29) is 0 Å². The van der Waals surface area contributed by atoms with Gasteiger partial charge in [-0.05, 0) is 19.8 Å². The van der Waals surface area contributed by atoms with Crippen molar-refractivity contribution in [2.45, 2.75) is 25.8 Å². The number of hydrogen-bond acceptors (Lipinski definition) is 6. The van der Waals surface area contributed by atoms with E-state index < -0.39 is 5.95 Å². The molecule has 0 unspecified atom stereocenters. The van der Waals surface area contributed by atoms with Crippen molar-refractivity contribution in [3.8, 4) is 11.5 Å². The van der Waals surface area contributed by atoms with Crippen LogP contribution in [0.15, 0.2) is 24.5 Å². The van der Waals surface area contributed by atoms with Crippen molar-refractivity contribution < 1.29 is 13.9 Å². The van der Waals surface area contributed by atoms with E-state index >= 15 is 0 Å². The van der Waals surface area contributed by atoms with Crippen LogP contribution in [0.4, 0.5) is 15.9 Å². The molecule has 0 radical (unpaired) electrons. The van der Waals surface area contributed by atoms with Crippen molar-refractivity contribution in [3.05, 3.63) is 36.0 Å². The first kappa shape index (κ1) is 17.3. The molecule has 0 spiro atoms. The Morgan fingerprint density at radius 1 is 1.08 bits per heavy atom. The molecule has 0 bridgehead atoms. The largest absolute Gasteiger partial charge is 0.497 e. The Kier molecular flexibility index (Phi) is 5.21. The minimum atomic E-state index is -0.450.